The molecular formula is C44H26O. The number of para-hydroxylation sites is 1. The average molecular weight is 597 g/mol. The van der Waals surface area contributed by atoms with Gasteiger partial charge in [-0.2, -0.15) is 0 Å². The second kappa shape index (κ2) is 9.29. The van der Waals surface area contributed by atoms with E-state index >= 15 is 0 Å². The Morgan fingerprint density at radius 3 is 1.58 bits per heavy atom. The van der Waals surface area contributed by atoms with E-state index in [1.807, 2.05) is 0 Å². The standard InChI is InChI=1S/C44H26O/c1-2-12-29-27(11-1)23-24-28-25-26-30-31(41(28)29)18-9-19-32(30)42-33-13-3-5-15-35(33)43(36-16-6-4-14-34(36)42)38-20-10-22-40-44(38)37-17-7-8-21-39(37)45-40/h1-26H/i1D,2D,3D,4D,5D,6D,7D,8D,9D,10D,11D,12D,13D,14D,15D,16D,17D,18D,19D,20D,21D,22D,23D,24D,25D,26D. The lowest BCUT2D eigenvalue weighted by Gasteiger charge is -2.19. The van der Waals surface area contributed by atoms with Gasteiger partial charge in [0.2, 0.25) is 0 Å². The average Bonchev–Trinajstić information content (AvgIpc) is 3.74. The summed E-state index contributed by atoms with van der Waals surface area (Å²) >= 11 is 0. The Labute approximate surface area is 296 Å². The van der Waals surface area contributed by atoms with Gasteiger partial charge in [0.05, 0.1) is 35.6 Å². The Bertz CT molecular complexity index is 4210. The second-order valence-corrected chi connectivity index (χ2v) is 10.0. The summed E-state index contributed by atoms with van der Waals surface area (Å²) in [5.74, 6) is 0. The Balaban J connectivity index is 1.61. The van der Waals surface area contributed by atoms with E-state index in [9.17, 15) is 13.7 Å². The number of fused-ring (bicyclic) bond motifs is 10. The van der Waals surface area contributed by atoms with Crippen LogP contribution in [0.5, 0.6) is 0 Å². The van der Waals surface area contributed by atoms with Gasteiger partial charge in [-0.25, -0.2) is 0 Å². The van der Waals surface area contributed by atoms with Crippen LogP contribution in [-0.4, -0.2) is 0 Å². The molecule has 0 unspecified atom stereocenters. The van der Waals surface area contributed by atoms with Gasteiger partial charge < -0.3 is 4.42 Å². The lowest BCUT2D eigenvalue weighted by Crippen LogP contribution is -1.92. The molecule has 1 heteroatoms. The van der Waals surface area contributed by atoms with Gasteiger partial charge in [-0.3, -0.25) is 0 Å². The maximum atomic E-state index is 9.58. The molecule has 0 amide bonds. The smallest absolute Gasteiger partial charge is 0.136 e. The maximum Gasteiger partial charge on any atom is 0.136 e. The highest BCUT2D eigenvalue weighted by atomic mass is 16.3. The van der Waals surface area contributed by atoms with Gasteiger partial charge >= 0.3 is 0 Å². The van der Waals surface area contributed by atoms with E-state index in [1.54, 1.807) is 0 Å². The molecule has 1 aromatic heterocycles. The van der Waals surface area contributed by atoms with Crippen molar-refractivity contribution in [2.24, 2.45) is 0 Å². The molecule has 0 aliphatic rings. The predicted molar refractivity (Wildman–Crippen MR) is 192 cm³/mol. The molecule has 0 aliphatic heterocycles. The van der Waals surface area contributed by atoms with Gasteiger partial charge in [-0.05, 0) is 88.2 Å². The van der Waals surface area contributed by atoms with E-state index < -0.39 is 255 Å². The van der Waals surface area contributed by atoms with Crippen molar-refractivity contribution in [2.45, 2.75) is 0 Å². The topological polar surface area (TPSA) is 13.1 Å². The van der Waals surface area contributed by atoms with Crippen molar-refractivity contribution in [1.29, 1.82) is 0 Å². The Morgan fingerprint density at radius 1 is 0.311 bits per heavy atom. The molecule has 1 nitrogen and oxygen atoms in total. The second-order valence-electron chi connectivity index (χ2n) is 10.0. The van der Waals surface area contributed by atoms with E-state index in [0.717, 1.165) is 0 Å². The van der Waals surface area contributed by atoms with Crippen LogP contribution in [0.15, 0.2) is 162 Å². The van der Waals surface area contributed by atoms with Crippen LogP contribution in [0.2, 0.25) is 0 Å². The summed E-state index contributed by atoms with van der Waals surface area (Å²) in [6, 6.07) is -23.2. The monoisotopic (exact) mass is 596 g/mol. The molecule has 0 N–H and O–H groups in total. The largest absolute Gasteiger partial charge is 0.456 e. The number of hydrogen-bond donors (Lipinski definition) is 0. The normalized spacial score (nSPS) is 20.1. The quantitative estimate of drug-likeness (QED) is 0.143. The summed E-state index contributed by atoms with van der Waals surface area (Å²) < 4.78 is 241. The molecule has 45 heavy (non-hydrogen) atoms. The zero-order valence-corrected chi connectivity index (χ0v) is 22.4. The van der Waals surface area contributed by atoms with Crippen LogP contribution >= 0.6 is 0 Å². The molecule has 0 saturated carbocycles. The Morgan fingerprint density at radius 2 is 0.822 bits per heavy atom. The minimum Gasteiger partial charge on any atom is -0.456 e. The first-order valence-corrected chi connectivity index (χ1v) is 13.4. The van der Waals surface area contributed by atoms with Crippen LogP contribution in [0, 0.1) is 0 Å². The van der Waals surface area contributed by atoms with E-state index in [0.29, 0.717) is 0 Å². The number of benzene rings is 9. The van der Waals surface area contributed by atoms with Crippen LogP contribution in [0.4, 0.5) is 0 Å². The summed E-state index contributed by atoms with van der Waals surface area (Å²) in [6.07, 6.45) is 0. The molecule has 0 spiro atoms. The molecule has 10 aromatic rings. The van der Waals surface area contributed by atoms with Crippen molar-refractivity contribution in [3.05, 3.63) is 157 Å². The number of hydrogen-bond acceptors (Lipinski definition) is 1. The Kier molecular flexibility index (Phi) is 2.13. The summed E-state index contributed by atoms with van der Waals surface area (Å²) in [5, 5.41) is -7.23. The molecule has 10 rings (SSSR count). The lowest BCUT2D eigenvalue weighted by molar-refractivity contribution is 0.669. The van der Waals surface area contributed by atoms with Gasteiger partial charge in [0.25, 0.3) is 0 Å². The number of furan rings is 1. The third-order valence-corrected chi connectivity index (χ3v) is 7.76. The number of rotatable bonds is 2. The third kappa shape index (κ3) is 3.44. The van der Waals surface area contributed by atoms with Gasteiger partial charge in [-0.15, -0.1) is 0 Å². The molecule has 0 aliphatic carbocycles. The molecule has 0 radical (unpaired) electrons. The predicted octanol–water partition coefficient (Wildman–Crippen LogP) is 12.7. The highest BCUT2D eigenvalue weighted by Gasteiger charge is 2.21. The van der Waals surface area contributed by atoms with Crippen molar-refractivity contribution < 1.29 is 40.1 Å². The minimum absolute atomic E-state index is 0.470. The van der Waals surface area contributed by atoms with Crippen molar-refractivity contribution >= 4 is 75.8 Å². The van der Waals surface area contributed by atoms with Crippen LogP contribution in [0.25, 0.3) is 98.1 Å². The summed E-state index contributed by atoms with van der Waals surface area (Å²) in [7, 11) is 0. The SMILES string of the molecule is [2H]c1c([2H])c([2H])c2c(oc3c([2H])c([2H])c([2H])c(-c4c5c([2H])c([2H])c([2H])c([2H])c5c(-c5c([2H])c([2H])c([2H])c6c5c([2H])c([2H])c5c([2H])c([2H])c7c([2H])c([2H])c([2H])c([2H])c7c56)c5c([2H])c([2H])c([2H])c([2H])c45)c32)c1[2H]. The molecule has 0 saturated heterocycles. The van der Waals surface area contributed by atoms with Crippen LogP contribution in [0.1, 0.15) is 35.6 Å². The maximum absolute atomic E-state index is 9.58. The fourth-order valence-corrected chi connectivity index (χ4v) is 5.95. The van der Waals surface area contributed by atoms with Gasteiger partial charge in [0.1, 0.15) is 11.2 Å². The van der Waals surface area contributed by atoms with Crippen LogP contribution in [-0.2, 0) is 0 Å². The summed E-state index contributed by atoms with van der Waals surface area (Å²) in [4.78, 5) is 0. The molecule has 0 fully saturated rings. The van der Waals surface area contributed by atoms with Gasteiger partial charge in [0, 0.05) is 10.8 Å². The van der Waals surface area contributed by atoms with E-state index in [1.165, 1.54) is 0 Å². The first-order valence-electron chi connectivity index (χ1n) is 26.4. The molecular weight excluding hydrogens is 544 g/mol. The van der Waals surface area contributed by atoms with Crippen molar-refractivity contribution in [3.8, 4) is 22.3 Å². The zero-order valence-electron chi connectivity index (χ0n) is 48.4. The molecule has 208 valence electrons. The fourth-order valence-electron chi connectivity index (χ4n) is 5.95. The fraction of sp³-hybridized carbons (Fsp3) is 0. The van der Waals surface area contributed by atoms with Crippen molar-refractivity contribution in [3.63, 3.8) is 0 Å². The summed E-state index contributed by atoms with van der Waals surface area (Å²) in [5.41, 5.74) is -3.94. The highest BCUT2D eigenvalue weighted by Crippen LogP contribution is 2.48. The van der Waals surface area contributed by atoms with Crippen molar-refractivity contribution in [2.75, 3.05) is 0 Å². The zero-order chi connectivity index (χ0) is 52.1. The Hall–Kier alpha value is -5.92. The third-order valence-electron chi connectivity index (χ3n) is 7.76. The molecule has 0 atom stereocenters. The van der Waals surface area contributed by atoms with E-state index in [4.69, 9.17) is 26.3 Å². The van der Waals surface area contributed by atoms with Gasteiger partial charge in [-0.1, -0.05) is 145 Å². The summed E-state index contributed by atoms with van der Waals surface area (Å²) in [6.45, 7) is 0. The minimum atomic E-state index is -1.01. The van der Waals surface area contributed by atoms with Crippen LogP contribution < -0.4 is 0 Å². The molecule has 9 aromatic carbocycles. The van der Waals surface area contributed by atoms with E-state index in [2.05, 4.69) is 0 Å². The van der Waals surface area contributed by atoms with Gasteiger partial charge in [0.15, 0.2) is 0 Å². The molecule has 0 bridgehead atoms. The molecule has 1 heterocycles. The first kappa shape index (κ1) is 10.3. The van der Waals surface area contributed by atoms with E-state index in [-0.39, 0.29) is 0 Å². The lowest BCUT2D eigenvalue weighted by atomic mass is 9.83. The van der Waals surface area contributed by atoms with Crippen molar-refractivity contribution in [1.82, 2.24) is 0 Å². The van der Waals surface area contributed by atoms with Crippen LogP contribution in [0.3, 0.4) is 0 Å². The highest BCUT2D eigenvalue weighted by molar-refractivity contribution is 6.29. The first-order chi connectivity index (χ1) is 33.2.